The number of hydrogen-bond acceptors (Lipinski definition) is 2. The molecule has 0 saturated heterocycles. The molecule has 1 aromatic heterocycles. The maximum Gasteiger partial charge on any atom is 0.128 e. The van der Waals surface area contributed by atoms with E-state index >= 15 is 0 Å². The van der Waals surface area contributed by atoms with Crippen molar-refractivity contribution < 1.29 is 0 Å². The van der Waals surface area contributed by atoms with E-state index in [9.17, 15) is 0 Å². The highest BCUT2D eigenvalue weighted by atomic mass is 35.5. The van der Waals surface area contributed by atoms with E-state index in [1.807, 2.05) is 36.7 Å². The van der Waals surface area contributed by atoms with Gasteiger partial charge in [0.15, 0.2) is 0 Å². The van der Waals surface area contributed by atoms with Gasteiger partial charge in [-0.05, 0) is 30.7 Å². The second-order valence-electron chi connectivity index (χ2n) is 3.87. The number of nitrogens with one attached hydrogen (secondary N) is 1. The lowest BCUT2D eigenvalue weighted by atomic mass is 10.2. The molecule has 17 heavy (non-hydrogen) atoms. The van der Waals surface area contributed by atoms with Gasteiger partial charge in [0.2, 0.25) is 0 Å². The van der Waals surface area contributed by atoms with Crippen molar-refractivity contribution in [1.29, 1.82) is 0 Å². The Hall–Kier alpha value is -1.19. The quantitative estimate of drug-likeness (QED) is 0.922. The average molecular weight is 270 g/mol. The van der Waals surface area contributed by atoms with Crippen LogP contribution in [0.25, 0.3) is 0 Å². The van der Waals surface area contributed by atoms with Gasteiger partial charge >= 0.3 is 0 Å². The second-order valence-corrected chi connectivity index (χ2v) is 4.69. The molecule has 0 aliphatic carbocycles. The number of rotatable bonds is 3. The van der Waals surface area contributed by atoms with Gasteiger partial charge in [0, 0.05) is 17.8 Å². The van der Waals surface area contributed by atoms with Crippen LogP contribution in [-0.4, -0.2) is 9.55 Å². The summed E-state index contributed by atoms with van der Waals surface area (Å²) < 4.78 is 1.85. The first kappa shape index (κ1) is 12.3. The molecule has 0 spiro atoms. The highest BCUT2D eigenvalue weighted by molar-refractivity contribution is 6.30. The van der Waals surface area contributed by atoms with Crippen LogP contribution in [0.5, 0.6) is 0 Å². The molecule has 0 saturated carbocycles. The summed E-state index contributed by atoms with van der Waals surface area (Å²) in [6.45, 7) is 2.64. The molecule has 2 aromatic rings. The van der Waals surface area contributed by atoms with Crippen LogP contribution in [0.15, 0.2) is 24.4 Å². The monoisotopic (exact) mass is 269 g/mol. The number of hydrogen-bond donors (Lipinski definition) is 1. The van der Waals surface area contributed by atoms with Gasteiger partial charge in [-0.25, -0.2) is 4.98 Å². The topological polar surface area (TPSA) is 29.9 Å². The fourth-order valence-corrected chi connectivity index (χ4v) is 1.96. The molecule has 0 amide bonds. The Kier molecular flexibility index (Phi) is 3.60. The minimum absolute atomic E-state index is 0.631. The molecule has 1 aromatic carbocycles. The standard InChI is InChI=1S/C12H13Cl2N3/c1-8-5-9(13)3-4-10(8)15-7-12-16-6-11(14)17(12)2/h3-6,15H,7H2,1-2H3. The van der Waals surface area contributed by atoms with E-state index in [2.05, 4.69) is 10.3 Å². The van der Waals surface area contributed by atoms with Crippen LogP contribution in [-0.2, 0) is 13.6 Å². The Balaban J connectivity index is 2.10. The highest BCUT2D eigenvalue weighted by Crippen LogP contribution is 2.20. The molecule has 1 N–H and O–H groups in total. The lowest BCUT2D eigenvalue weighted by molar-refractivity contribution is 0.813. The fraction of sp³-hybridized carbons (Fsp3) is 0.250. The number of nitrogens with zero attached hydrogens (tertiary/aromatic N) is 2. The highest BCUT2D eigenvalue weighted by Gasteiger charge is 2.05. The third kappa shape index (κ3) is 2.73. The molecule has 0 bridgehead atoms. The summed E-state index contributed by atoms with van der Waals surface area (Å²) in [6.07, 6.45) is 1.65. The number of benzene rings is 1. The molecule has 2 rings (SSSR count). The summed E-state index contributed by atoms with van der Waals surface area (Å²) in [6, 6.07) is 5.75. The van der Waals surface area contributed by atoms with Crippen molar-refractivity contribution in [2.24, 2.45) is 7.05 Å². The van der Waals surface area contributed by atoms with Crippen molar-refractivity contribution in [3.63, 3.8) is 0 Å². The zero-order valence-corrected chi connectivity index (χ0v) is 11.2. The van der Waals surface area contributed by atoms with Crippen molar-refractivity contribution in [2.75, 3.05) is 5.32 Å². The first-order valence-corrected chi connectivity index (χ1v) is 5.99. The van der Waals surface area contributed by atoms with Crippen LogP contribution in [0.2, 0.25) is 10.2 Å². The van der Waals surface area contributed by atoms with Crippen LogP contribution >= 0.6 is 23.2 Å². The van der Waals surface area contributed by atoms with E-state index in [4.69, 9.17) is 23.2 Å². The summed E-state index contributed by atoms with van der Waals surface area (Å²) in [7, 11) is 1.89. The van der Waals surface area contributed by atoms with Crippen molar-refractivity contribution in [2.45, 2.75) is 13.5 Å². The van der Waals surface area contributed by atoms with Gasteiger partial charge in [0.05, 0.1) is 12.7 Å². The zero-order chi connectivity index (χ0) is 12.4. The van der Waals surface area contributed by atoms with E-state index in [1.165, 1.54) is 0 Å². The van der Waals surface area contributed by atoms with Gasteiger partial charge in [0.1, 0.15) is 11.0 Å². The summed E-state index contributed by atoms with van der Waals surface area (Å²) in [4.78, 5) is 4.22. The maximum atomic E-state index is 5.92. The summed E-state index contributed by atoms with van der Waals surface area (Å²) in [5.74, 6) is 0.893. The molecule has 0 aliphatic heterocycles. The number of aromatic nitrogens is 2. The SMILES string of the molecule is Cc1cc(Cl)ccc1NCc1ncc(Cl)n1C. The lowest BCUT2D eigenvalue weighted by Crippen LogP contribution is -2.06. The van der Waals surface area contributed by atoms with Crippen molar-refractivity contribution in [3.8, 4) is 0 Å². The molecule has 3 nitrogen and oxygen atoms in total. The van der Waals surface area contributed by atoms with Crippen molar-refractivity contribution >= 4 is 28.9 Å². The van der Waals surface area contributed by atoms with Crippen molar-refractivity contribution in [3.05, 3.63) is 46.0 Å². The fourth-order valence-electron chi connectivity index (χ4n) is 1.59. The van der Waals surface area contributed by atoms with E-state index in [0.29, 0.717) is 11.7 Å². The molecule has 0 unspecified atom stereocenters. The number of anilines is 1. The smallest absolute Gasteiger partial charge is 0.128 e. The van der Waals surface area contributed by atoms with E-state index in [-0.39, 0.29) is 0 Å². The Morgan fingerprint density at radius 1 is 1.35 bits per heavy atom. The predicted molar refractivity (Wildman–Crippen MR) is 71.7 cm³/mol. The van der Waals surface area contributed by atoms with Crippen LogP contribution in [0.4, 0.5) is 5.69 Å². The van der Waals surface area contributed by atoms with E-state index < -0.39 is 0 Å². The first-order chi connectivity index (χ1) is 8.08. The lowest BCUT2D eigenvalue weighted by Gasteiger charge is -2.09. The Morgan fingerprint density at radius 2 is 2.12 bits per heavy atom. The number of halogens is 2. The minimum atomic E-state index is 0.631. The van der Waals surface area contributed by atoms with Crippen LogP contribution < -0.4 is 5.32 Å². The van der Waals surface area contributed by atoms with Crippen LogP contribution in [0, 0.1) is 6.92 Å². The maximum absolute atomic E-state index is 5.92. The molecule has 90 valence electrons. The van der Waals surface area contributed by atoms with Crippen LogP contribution in [0.1, 0.15) is 11.4 Å². The van der Waals surface area contributed by atoms with Gasteiger partial charge < -0.3 is 9.88 Å². The third-order valence-corrected chi connectivity index (χ3v) is 3.24. The van der Waals surface area contributed by atoms with Crippen molar-refractivity contribution in [1.82, 2.24) is 9.55 Å². The largest absolute Gasteiger partial charge is 0.378 e. The minimum Gasteiger partial charge on any atom is -0.378 e. The van der Waals surface area contributed by atoms with Gasteiger partial charge in [-0.3, -0.25) is 0 Å². The Morgan fingerprint density at radius 3 is 2.71 bits per heavy atom. The van der Waals surface area contributed by atoms with Gasteiger partial charge in [-0.2, -0.15) is 0 Å². The molecule has 0 fully saturated rings. The molecule has 0 aliphatic rings. The number of imidazole rings is 1. The molecule has 0 atom stereocenters. The third-order valence-electron chi connectivity index (χ3n) is 2.65. The molecule has 0 radical (unpaired) electrons. The van der Waals surface area contributed by atoms with E-state index in [1.54, 1.807) is 6.20 Å². The Labute approximate surface area is 110 Å². The normalized spacial score (nSPS) is 10.6. The molecular weight excluding hydrogens is 257 g/mol. The van der Waals surface area contributed by atoms with Gasteiger partial charge in [-0.15, -0.1) is 0 Å². The predicted octanol–water partition coefficient (Wildman–Crippen LogP) is 3.65. The first-order valence-electron chi connectivity index (χ1n) is 5.24. The number of aryl methyl sites for hydroxylation is 1. The molecular formula is C12H13Cl2N3. The summed E-state index contributed by atoms with van der Waals surface area (Å²) >= 11 is 11.8. The Bertz CT molecular complexity index is 535. The summed E-state index contributed by atoms with van der Waals surface area (Å²) in [5.41, 5.74) is 2.16. The molecule has 1 heterocycles. The molecule has 5 heteroatoms. The average Bonchev–Trinajstić information content (AvgIpc) is 2.59. The summed E-state index contributed by atoms with van der Waals surface area (Å²) in [5, 5.41) is 4.69. The van der Waals surface area contributed by atoms with Crippen LogP contribution in [0.3, 0.4) is 0 Å². The second kappa shape index (κ2) is 4.98. The van der Waals surface area contributed by atoms with Gasteiger partial charge in [0.25, 0.3) is 0 Å². The van der Waals surface area contributed by atoms with Gasteiger partial charge in [-0.1, -0.05) is 23.2 Å². The van der Waals surface area contributed by atoms with E-state index in [0.717, 1.165) is 22.1 Å². The zero-order valence-electron chi connectivity index (χ0n) is 9.67.